The second-order valence-corrected chi connectivity index (χ2v) is 5.65. The first-order valence-electron chi connectivity index (χ1n) is 6.35. The smallest absolute Gasteiger partial charge is 0.238 e. The Balaban J connectivity index is 2.54. The molecule has 106 valence electrons. The number of halogens is 1. The zero-order valence-corrected chi connectivity index (χ0v) is 13.2. The molecular weight excluding hydrogens is 308 g/mol. The molecule has 1 rings (SSSR count). The van der Waals surface area contributed by atoms with Crippen molar-refractivity contribution in [2.24, 2.45) is 0 Å². The highest BCUT2D eigenvalue weighted by Crippen LogP contribution is 2.18. The second kappa shape index (κ2) is 8.17. The number of amides is 1. The number of ether oxygens (including phenoxy) is 1. The van der Waals surface area contributed by atoms with E-state index in [9.17, 15) is 4.79 Å². The highest BCUT2D eigenvalue weighted by molar-refractivity contribution is 9.10. The van der Waals surface area contributed by atoms with Gasteiger partial charge in [-0.25, -0.2) is 0 Å². The molecule has 5 heteroatoms. The van der Waals surface area contributed by atoms with Gasteiger partial charge < -0.3 is 15.0 Å². The molecule has 1 aromatic carbocycles. The molecule has 1 amide bonds. The molecule has 0 aliphatic heterocycles. The minimum Gasteiger partial charge on any atom is -0.492 e. The summed E-state index contributed by atoms with van der Waals surface area (Å²) >= 11 is 3.33. The molecule has 0 saturated carbocycles. The molecule has 19 heavy (non-hydrogen) atoms. The lowest BCUT2D eigenvalue weighted by Crippen LogP contribution is -2.22. The largest absolute Gasteiger partial charge is 0.492 e. The van der Waals surface area contributed by atoms with Crippen LogP contribution in [0.5, 0.6) is 5.75 Å². The maximum absolute atomic E-state index is 11.8. The number of hydrogen-bond acceptors (Lipinski definition) is 3. The highest BCUT2D eigenvalue weighted by Gasteiger charge is 2.12. The Hall–Kier alpha value is -1.07. The zero-order valence-electron chi connectivity index (χ0n) is 11.6. The first kappa shape index (κ1) is 16.0. The fraction of sp³-hybridized carbons (Fsp3) is 0.500. The summed E-state index contributed by atoms with van der Waals surface area (Å²) in [6.45, 7) is 3.44. The standard InChI is InChI=1S/C14H21BrN2O2/c1-4-13(15)14(18)16-11-6-5-7-12(10-11)19-9-8-17(2)3/h5-7,10,13H,4,8-9H2,1-3H3,(H,16,18). The average Bonchev–Trinajstić information content (AvgIpc) is 2.37. The van der Waals surface area contributed by atoms with Crippen LogP contribution in [0.1, 0.15) is 13.3 Å². The highest BCUT2D eigenvalue weighted by atomic mass is 79.9. The van der Waals surface area contributed by atoms with Gasteiger partial charge in [0, 0.05) is 18.3 Å². The Morgan fingerprint density at radius 1 is 1.47 bits per heavy atom. The van der Waals surface area contributed by atoms with Gasteiger partial charge in [-0.15, -0.1) is 0 Å². The molecule has 4 nitrogen and oxygen atoms in total. The summed E-state index contributed by atoms with van der Waals surface area (Å²) in [5, 5.41) is 2.86. The zero-order chi connectivity index (χ0) is 14.3. The van der Waals surface area contributed by atoms with Crippen LogP contribution in [0.3, 0.4) is 0 Å². The first-order valence-corrected chi connectivity index (χ1v) is 7.27. The van der Waals surface area contributed by atoms with Crippen molar-refractivity contribution in [1.29, 1.82) is 0 Å². The Bertz CT molecular complexity index is 410. The first-order chi connectivity index (χ1) is 9.02. The van der Waals surface area contributed by atoms with Crippen LogP contribution >= 0.6 is 15.9 Å². The van der Waals surface area contributed by atoms with Crippen LogP contribution in [-0.2, 0) is 4.79 Å². The lowest BCUT2D eigenvalue weighted by atomic mass is 10.2. The minimum atomic E-state index is -0.161. The van der Waals surface area contributed by atoms with Crippen LogP contribution in [0.4, 0.5) is 5.69 Å². The van der Waals surface area contributed by atoms with Crippen molar-refractivity contribution < 1.29 is 9.53 Å². The summed E-state index contributed by atoms with van der Waals surface area (Å²) in [5.41, 5.74) is 0.755. The maximum atomic E-state index is 11.8. The average molecular weight is 329 g/mol. The molecule has 1 unspecified atom stereocenters. The van der Waals surface area contributed by atoms with E-state index in [0.29, 0.717) is 6.61 Å². The fourth-order valence-corrected chi connectivity index (χ4v) is 1.53. The summed E-state index contributed by atoms with van der Waals surface area (Å²) in [6, 6.07) is 7.45. The molecule has 0 saturated heterocycles. The van der Waals surface area contributed by atoms with Crippen LogP contribution in [0, 0.1) is 0 Å². The molecule has 0 aliphatic rings. The van der Waals surface area contributed by atoms with Crippen molar-refractivity contribution in [3.63, 3.8) is 0 Å². The van der Waals surface area contributed by atoms with E-state index >= 15 is 0 Å². The van der Waals surface area contributed by atoms with E-state index in [0.717, 1.165) is 24.4 Å². The van der Waals surface area contributed by atoms with E-state index in [1.54, 1.807) is 0 Å². The van der Waals surface area contributed by atoms with Gasteiger partial charge in [0.05, 0.1) is 4.83 Å². The minimum absolute atomic E-state index is 0.0343. The summed E-state index contributed by atoms with van der Waals surface area (Å²) in [4.78, 5) is 13.6. The van der Waals surface area contributed by atoms with E-state index in [1.807, 2.05) is 45.3 Å². The van der Waals surface area contributed by atoms with E-state index < -0.39 is 0 Å². The van der Waals surface area contributed by atoms with Gasteiger partial charge >= 0.3 is 0 Å². The number of rotatable bonds is 7. The van der Waals surface area contributed by atoms with Crippen LogP contribution in [0.2, 0.25) is 0 Å². The Morgan fingerprint density at radius 3 is 2.84 bits per heavy atom. The predicted octanol–water partition coefficient (Wildman–Crippen LogP) is 2.74. The summed E-state index contributed by atoms with van der Waals surface area (Å²) in [6.07, 6.45) is 0.755. The third-order valence-corrected chi connectivity index (χ3v) is 3.62. The van der Waals surface area contributed by atoms with Crippen molar-refractivity contribution in [3.8, 4) is 5.75 Å². The normalized spacial score (nSPS) is 12.3. The van der Waals surface area contributed by atoms with Gasteiger partial charge in [0.1, 0.15) is 12.4 Å². The number of carbonyl (C=O) groups excluding carboxylic acids is 1. The van der Waals surface area contributed by atoms with Gasteiger partial charge in [-0.3, -0.25) is 4.79 Å². The summed E-state index contributed by atoms with van der Waals surface area (Å²) < 4.78 is 5.62. The SMILES string of the molecule is CCC(Br)C(=O)Nc1cccc(OCCN(C)C)c1. The lowest BCUT2D eigenvalue weighted by Gasteiger charge is -2.13. The number of carbonyl (C=O) groups is 1. The molecule has 0 spiro atoms. The quantitative estimate of drug-likeness (QED) is 0.782. The van der Waals surface area contributed by atoms with E-state index in [4.69, 9.17) is 4.74 Å². The number of benzene rings is 1. The van der Waals surface area contributed by atoms with Crippen LogP contribution < -0.4 is 10.1 Å². The molecule has 1 atom stereocenters. The third kappa shape index (κ3) is 6.07. The van der Waals surface area contributed by atoms with Crippen molar-refractivity contribution in [2.45, 2.75) is 18.2 Å². The number of anilines is 1. The maximum Gasteiger partial charge on any atom is 0.238 e. The molecule has 0 fully saturated rings. The monoisotopic (exact) mass is 328 g/mol. The molecule has 0 radical (unpaired) electrons. The Kier molecular flexibility index (Phi) is 6.87. The van der Waals surface area contributed by atoms with Gasteiger partial charge in [0.2, 0.25) is 5.91 Å². The van der Waals surface area contributed by atoms with Crippen molar-refractivity contribution in [2.75, 3.05) is 32.6 Å². The van der Waals surface area contributed by atoms with Crippen LogP contribution in [0.25, 0.3) is 0 Å². The molecule has 0 aromatic heterocycles. The van der Waals surface area contributed by atoms with Gasteiger partial charge in [-0.2, -0.15) is 0 Å². The molecule has 0 heterocycles. The topological polar surface area (TPSA) is 41.6 Å². The molecule has 1 N–H and O–H groups in total. The number of likely N-dealkylation sites (N-methyl/N-ethyl adjacent to an activating group) is 1. The fourth-order valence-electron chi connectivity index (χ4n) is 1.42. The van der Waals surface area contributed by atoms with E-state index in [2.05, 4.69) is 26.1 Å². The molecular formula is C14H21BrN2O2. The lowest BCUT2D eigenvalue weighted by molar-refractivity contribution is -0.115. The van der Waals surface area contributed by atoms with Crippen LogP contribution in [0.15, 0.2) is 24.3 Å². The summed E-state index contributed by atoms with van der Waals surface area (Å²) in [5.74, 6) is 0.732. The van der Waals surface area contributed by atoms with E-state index in [1.165, 1.54) is 0 Å². The third-order valence-electron chi connectivity index (χ3n) is 2.55. The number of hydrogen-bond donors (Lipinski definition) is 1. The second-order valence-electron chi connectivity index (χ2n) is 4.54. The van der Waals surface area contributed by atoms with Gasteiger partial charge in [0.15, 0.2) is 0 Å². The van der Waals surface area contributed by atoms with Crippen molar-refractivity contribution in [1.82, 2.24) is 4.90 Å². The number of nitrogens with one attached hydrogen (secondary N) is 1. The predicted molar refractivity (Wildman–Crippen MR) is 82.1 cm³/mol. The van der Waals surface area contributed by atoms with Crippen molar-refractivity contribution in [3.05, 3.63) is 24.3 Å². The molecule has 0 bridgehead atoms. The van der Waals surface area contributed by atoms with Gasteiger partial charge in [-0.05, 0) is 32.6 Å². The van der Waals surface area contributed by atoms with Crippen LogP contribution in [-0.4, -0.2) is 42.9 Å². The van der Waals surface area contributed by atoms with Gasteiger partial charge in [0.25, 0.3) is 0 Å². The molecule has 1 aromatic rings. The Morgan fingerprint density at radius 2 is 2.21 bits per heavy atom. The van der Waals surface area contributed by atoms with Gasteiger partial charge in [-0.1, -0.05) is 28.9 Å². The number of nitrogens with zero attached hydrogens (tertiary/aromatic N) is 1. The van der Waals surface area contributed by atoms with E-state index in [-0.39, 0.29) is 10.7 Å². The van der Waals surface area contributed by atoms with Crippen molar-refractivity contribution >= 4 is 27.5 Å². The summed E-state index contributed by atoms with van der Waals surface area (Å²) in [7, 11) is 4.00. The number of alkyl halides is 1. The Labute approximate surface area is 123 Å². The molecule has 0 aliphatic carbocycles.